The molecule has 0 unspecified atom stereocenters. The van der Waals surface area contributed by atoms with Crippen LogP contribution in [0.4, 0.5) is 0 Å². The first-order valence-corrected chi connectivity index (χ1v) is 6.97. The van der Waals surface area contributed by atoms with Crippen LogP contribution in [0, 0.1) is 6.92 Å². The normalized spacial score (nSPS) is 16.4. The van der Waals surface area contributed by atoms with Crippen molar-refractivity contribution in [2.24, 2.45) is 0 Å². The number of aromatic nitrogens is 5. The second kappa shape index (κ2) is 4.13. The Morgan fingerprint density at radius 2 is 2.10 bits per heavy atom. The van der Waals surface area contributed by atoms with Gasteiger partial charge in [0.05, 0.1) is 16.6 Å². The molecule has 6 nitrogen and oxygen atoms in total. The fourth-order valence-corrected chi connectivity index (χ4v) is 3.21. The molecule has 3 aromatic rings. The Labute approximate surface area is 115 Å². The Morgan fingerprint density at radius 1 is 1.30 bits per heavy atom. The average molecular weight is 269 g/mol. The van der Waals surface area contributed by atoms with Crippen LogP contribution >= 0.6 is 0 Å². The smallest absolute Gasteiger partial charge is 0.262 e. The van der Waals surface area contributed by atoms with E-state index >= 15 is 0 Å². The molecule has 4 rings (SSSR count). The highest BCUT2D eigenvalue weighted by molar-refractivity contribution is 5.81. The lowest BCUT2D eigenvalue weighted by Gasteiger charge is -2.14. The lowest BCUT2D eigenvalue weighted by atomic mass is 10.2. The Morgan fingerprint density at radius 3 is 2.90 bits per heavy atom. The van der Waals surface area contributed by atoms with E-state index in [1.54, 1.807) is 4.52 Å². The lowest BCUT2D eigenvalue weighted by molar-refractivity contribution is 0.505. The standard InChI is InChI=1S/C14H15N5O/c1-9-12-11(19-14(17-9)15-8-16-19)6-7-18(13(12)20)10-4-2-3-5-10/h6-8,10H,2-5H2,1H3. The van der Waals surface area contributed by atoms with Gasteiger partial charge in [0, 0.05) is 12.2 Å². The maximum atomic E-state index is 12.8. The van der Waals surface area contributed by atoms with Crippen molar-refractivity contribution in [1.82, 2.24) is 24.1 Å². The predicted molar refractivity (Wildman–Crippen MR) is 74.8 cm³/mol. The number of aryl methyl sites for hydroxylation is 1. The van der Waals surface area contributed by atoms with Crippen molar-refractivity contribution in [1.29, 1.82) is 0 Å². The molecular formula is C14H15N5O. The van der Waals surface area contributed by atoms with Gasteiger partial charge in [-0.05, 0) is 25.8 Å². The van der Waals surface area contributed by atoms with Crippen LogP contribution in [0.5, 0.6) is 0 Å². The number of pyridine rings is 1. The zero-order valence-corrected chi connectivity index (χ0v) is 11.3. The topological polar surface area (TPSA) is 65.1 Å². The van der Waals surface area contributed by atoms with Gasteiger partial charge in [0.2, 0.25) is 0 Å². The molecule has 0 atom stereocenters. The van der Waals surface area contributed by atoms with Crippen LogP contribution in [0.3, 0.4) is 0 Å². The number of hydrogen-bond donors (Lipinski definition) is 0. The molecule has 0 aromatic carbocycles. The summed E-state index contributed by atoms with van der Waals surface area (Å²) in [6, 6.07) is 2.28. The quantitative estimate of drug-likeness (QED) is 0.676. The highest BCUT2D eigenvalue weighted by Gasteiger charge is 2.20. The van der Waals surface area contributed by atoms with E-state index in [0.29, 0.717) is 17.2 Å². The molecule has 1 saturated carbocycles. The minimum atomic E-state index is 0.0387. The number of fused-ring (bicyclic) bond motifs is 3. The van der Waals surface area contributed by atoms with E-state index in [4.69, 9.17) is 0 Å². The van der Waals surface area contributed by atoms with E-state index in [0.717, 1.165) is 24.1 Å². The largest absolute Gasteiger partial charge is 0.312 e. The third-order valence-electron chi connectivity index (χ3n) is 4.20. The van der Waals surface area contributed by atoms with Gasteiger partial charge in [0.25, 0.3) is 11.3 Å². The molecule has 0 bridgehead atoms. The van der Waals surface area contributed by atoms with Crippen molar-refractivity contribution >= 4 is 16.7 Å². The van der Waals surface area contributed by atoms with Gasteiger partial charge in [0.15, 0.2) is 0 Å². The molecule has 20 heavy (non-hydrogen) atoms. The first kappa shape index (κ1) is 11.6. The SMILES string of the molecule is Cc1nc2ncnn2c2ccn(C3CCCC3)c(=O)c12. The van der Waals surface area contributed by atoms with Gasteiger partial charge in [-0.2, -0.15) is 14.6 Å². The molecule has 1 aliphatic carbocycles. The van der Waals surface area contributed by atoms with Gasteiger partial charge >= 0.3 is 0 Å². The molecule has 3 aromatic heterocycles. The summed E-state index contributed by atoms with van der Waals surface area (Å²) < 4.78 is 3.50. The van der Waals surface area contributed by atoms with Crippen molar-refractivity contribution < 1.29 is 0 Å². The minimum absolute atomic E-state index is 0.0387. The van der Waals surface area contributed by atoms with Crippen LogP contribution in [-0.4, -0.2) is 24.1 Å². The van der Waals surface area contributed by atoms with E-state index in [1.807, 2.05) is 23.8 Å². The summed E-state index contributed by atoms with van der Waals surface area (Å²) in [6.07, 6.45) is 7.93. The van der Waals surface area contributed by atoms with Crippen LogP contribution in [-0.2, 0) is 0 Å². The van der Waals surface area contributed by atoms with E-state index < -0.39 is 0 Å². The van der Waals surface area contributed by atoms with Gasteiger partial charge in [0.1, 0.15) is 6.33 Å². The maximum Gasteiger partial charge on any atom is 0.262 e. The first-order valence-electron chi connectivity index (χ1n) is 6.97. The summed E-state index contributed by atoms with van der Waals surface area (Å²) in [5.41, 5.74) is 1.54. The van der Waals surface area contributed by atoms with Crippen LogP contribution in [0.1, 0.15) is 37.4 Å². The zero-order chi connectivity index (χ0) is 13.7. The summed E-state index contributed by atoms with van der Waals surface area (Å²) in [5, 5.41) is 4.80. The molecule has 0 spiro atoms. The predicted octanol–water partition coefficient (Wildman–Crippen LogP) is 1.86. The second-order valence-electron chi connectivity index (χ2n) is 5.40. The molecule has 0 N–H and O–H groups in total. The van der Waals surface area contributed by atoms with Crippen molar-refractivity contribution in [3.8, 4) is 0 Å². The molecule has 0 radical (unpaired) electrons. The van der Waals surface area contributed by atoms with Crippen LogP contribution in [0.25, 0.3) is 16.7 Å². The fraction of sp³-hybridized carbons (Fsp3) is 0.429. The summed E-state index contributed by atoms with van der Waals surface area (Å²) in [6.45, 7) is 1.86. The molecule has 0 amide bonds. The lowest BCUT2D eigenvalue weighted by Crippen LogP contribution is -2.24. The van der Waals surface area contributed by atoms with E-state index in [-0.39, 0.29) is 5.56 Å². The summed E-state index contributed by atoms with van der Waals surface area (Å²) in [5.74, 6) is 0.535. The fourth-order valence-electron chi connectivity index (χ4n) is 3.21. The zero-order valence-electron chi connectivity index (χ0n) is 11.3. The number of rotatable bonds is 1. The van der Waals surface area contributed by atoms with Gasteiger partial charge in [-0.25, -0.2) is 4.98 Å². The monoisotopic (exact) mass is 269 g/mol. The molecule has 1 fully saturated rings. The highest BCUT2D eigenvalue weighted by Crippen LogP contribution is 2.28. The first-order chi connectivity index (χ1) is 9.75. The van der Waals surface area contributed by atoms with Gasteiger partial charge in [-0.15, -0.1) is 0 Å². The van der Waals surface area contributed by atoms with Crippen LogP contribution in [0.2, 0.25) is 0 Å². The molecule has 1 aliphatic rings. The Kier molecular flexibility index (Phi) is 2.39. The van der Waals surface area contributed by atoms with Crippen molar-refractivity contribution in [3.63, 3.8) is 0 Å². The summed E-state index contributed by atoms with van der Waals surface area (Å²) in [4.78, 5) is 21.2. The second-order valence-corrected chi connectivity index (χ2v) is 5.40. The van der Waals surface area contributed by atoms with Crippen molar-refractivity contribution in [3.05, 3.63) is 34.6 Å². The Hall–Kier alpha value is -2.24. The average Bonchev–Trinajstić information content (AvgIpc) is 3.08. The van der Waals surface area contributed by atoms with Gasteiger partial charge in [-0.1, -0.05) is 12.8 Å². The van der Waals surface area contributed by atoms with Crippen LogP contribution in [0.15, 0.2) is 23.4 Å². The number of hydrogen-bond acceptors (Lipinski definition) is 4. The van der Waals surface area contributed by atoms with Crippen LogP contribution < -0.4 is 5.56 Å². The van der Waals surface area contributed by atoms with Gasteiger partial charge in [-0.3, -0.25) is 4.79 Å². The molecule has 0 saturated heterocycles. The van der Waals surface area contributed by atoms with Crippen molar-refractivity contribution in [2.45, 2.75) is 38.6 Å². The van der Waals surface area contributed by atoms with Gasteiger partial charge < -0.3 is 4.57 Å². The molecule has 3 heterocycles. The Balaban J connectivity index is 2.07. The maximum absolute atomic E-state index is 12.8. The van der Waals surface area contributed by atoms with E-state index in [9.17, 15) is 4.79 Å². The molecule has 0 aliphatic heterocycles. The Bertz CT molecular complexity index is 857. The van der Waals surface area contributed by atoms with E-state index in [1.165, 1.54) is 19.2 Å². The summed E-state index contributed by atoms with van der Waals surface area (Å²) >= 11 is 0. The third-order valence-corrected chi connectivity index (χ3v) is 4.20. The highest BCUT2D eigenvalue weighted by atomic mass is 16.1. The van der Waals surface area contributed by atoms with Crippen molar-refractivity contribution in [2.75, 3.05) is 0 Å². The molecular weight excluding hydrogens is 254 g/mol. The third kappa shape index (κ3) is 1.51. The van der Waals surface area contributed by atoms with E-state index in [2.05, 4.69) is 15.1 Å². The summed E-state index contributed by atoms with van der Waals surface area (Å²) in [7, 11) is 0. The minimum Gasteiger partial charge on any atom is -0.312 e. The molecule has 6 heteroatoms. The number of nitrogens with zero attached hydrogens (tertiary/aromatic N) is 5. The molecule has 102 valence electrons.